The van der Waals surface area contributed by atoms with Crippen LogP contribution < -0.4 is 16.4 Å². The van der Waals surface area contributed by atoms with Crippen molar-refractivity contribution in [3.63, 3.8) is 0 Å². The van der Waals surface area contributed by atoms with E-state index in [2.05, 4.69) is 10.6 Å². The van der Waals surface area contributed by atoms with Crippen LogP contribution in [0.15, 0.2) is 29.3 Å². The third-order valence-electron chi connectivity index (χ3n) is 6.14. The minimum atomic E-state index is -4.35. The largest absolute Gasteiger partial charge is 0.416 e. The summed E-state index contributed by atoms with van der Waals surface area (Å²) in [5.74, 6) is 0.660. The maximum atomic E-state index is 13.2. The van der Waals surface area contributed by atoms with E-state index in [1.54, 1.807) is 11.0 Å². The quantitative estimate of drug-likeness (QED) is 0.295. The lowest BCUT2D eigenvalue weighted by Gasteiger charge is -2.42. The molecule has 1 aromatic rings. The van der Waals surface area contributed by atoms with Gasteiger partial charge in [0.05, 0.1) is 12.1 Å². The third kappa shape index (κ3) is 6.39. The van der Waals surface area contributed by atoms with Crippen molar-refractivity contribution < 1.29 is 18.0 Å². The number of nitrogens with zero attached hydrogens (tertiary/aromatic N) is 2. The van der Waals surface area contributed by atoms with Gasteiger partial charge in [0, 0.05) is 31.1 Å². The van der Waals surface area contributed by atoms with Crippen molar-refractivity contribution in [3.05, 3.63) is 35.4 Å². The number of carbonyl (C=O) groups is 1. The van der Waals surface area contributed by atoms with Crippen molar-refractivity contribution in [2.75, 3.05) is 26.2 Å². The molecule has 10 heteroatoms. The van der Waals surface area contributed by atoms with Crippen LogP contribution in [-0.4, -0.2) is 49.1 Å². The Kier molecular flexibility index (Phi) is 8.84. The number of urea groups is 1. The van der Waals surface area contributed by atoms with Gasteiger partial charge in [0.15, 0.2) is 5.96 Å². The number of nitrogens with one attached hydrogen (secondary N) is 2. The van der Waals surface area contributed by atoms with E-state index in [4.69, 9.17) is 10.7 Å². The Hall–Kier alpha value is -1.72. The van der Waals surface area contributed by atoms with Crippen LogP contribution in [0.2, 0.25) is 0 Å². The highest BCUT2D eigenvalue weighted by atomic mass is 127. The molecule has 174 valence electrons. The summed E-state index contributed by atoms with van der Waals surface area (Å²) < 4.78 is 39.5. The molecule has 2 amide bonds. The van der Waals surface area contributed by atoms with Gasteiger partial charge in [-0.15, -0.1) is 24.0 Å². The smallest absolute Gasteiger partial charge is 0.357 e. The number of piperidine rings is 1. The fourth-order valence-electron chi connectivity index (χ4n) is 4.15. The molecule has 0 aromatic heterocycles. The average molecular weight is 553 g/mol. The normalized spacial score (nSPS) is 19.2. The molecule has 0 spiro atoms. The maximum absolute atomic E-state index is 13.2. The number of amides is 2. The van der Waals surface area contributed by atoms with Gasteiger partial charge in [-0.2, -0.15) is 13.2 Å². The second kappa shape index (κ2) is 10.7. The summed E-state index contributed by atoms with van der Waals surface area (Å²) in [5.41, 5.74) is 5.08. The lowest BCUT2D eigenvalue weighted by atomic mass is 9.64. The number of alkyl halides is 3. The Morgan fingerprint density at radius 1 is 1.29 bits per heavy atom. The summed E-state index contributed by atoms with van der Waals surface area (Å²) >= 11 is 0. The summed E-state index contributed by atoms with van der Waals surface area (Å²) in [7, 11) is 0. The molecular weight excluding hydrogens is 522 g/mol. The maximum Gasteiger partial charge on any atom is 0.416 e. The van der Waals surface area contributed by atoms with Gasteiger partial charge < -0.3 is 21.3 Å². The first-order chi connectivity index (χ1) is 14.2. The summed E-state index contributed by atoms with van der Waals surface area (Å²) in [5, 5.41) is 6.63. The van der Waals surface area contributed by atoms with Crippen molar-refractivity contribution in [1.82, 2.24) is 15.5 Å². The Labute approximate surface area is 198 Å². The number of hydrogen-bond donors (Lipinski definition) is 3. The second-order valence-corrected chi connectivity index (χ2v) is 8.15. The molecule has 2 fully saturated rings. The number of primary amides is 1. The average Bonchev–Trinajstić information content (AvgIpc) is 2.67. The molecule has 0 radical (unpaired) electrons. The molecule has 0 atom stereocenters. The zero-order chi connectivity index (χ0) is 21.8. The highest BCUT2D eigenvalue weighted by molar-refractivity contribution is 14.0. The Morgan fingerprint density at radius 2 is 1.97 bits per heavy atom. The van der Waals surface area contributed by atoms with Crippen molar-refractivity contribution in [3.8, 4) is 0 Å². The zero-order valence-electron chi connectivity index (χ0n) is 17.7. The zero-order valence-corrected chi connectivity index (χ0v) is 20.0. The first kappa shape index (κ1) is 25.5. The second-order valence-electron chi connectivity index (χ2n) is 8.15. The number of nitrogens with two attached hydrogens (primary N) is 1. The minimum Gasteiger partial charge on any atom is -0.357 e. The molecule has 1 saturated heterocycles. The van der Waals surface area contributed by atoms with Gasteiger partial charge in [-0.25, -0.2) is 4.79 Å². The third-order valence-corrected chi connectivity index (χ3v) is 6.14. The van der Waals surface area contributed by atoms with Crippen LogP contribution in [0.1, 0.15) is 50.2 Å². The van der Waals surface area contributed by atoms with Gasteiger partial charge in [0.1, 0.15) is 0 Å². The van der Waals surface area contributed by atoms with Crippen LogP contribution in [-0.2, 0) is 11.6 Å². The van der Waals surface area contributed by atoms with Crippen LogP contribution >= 0.6 is 24.0 Å². The van der Waals surface area contributed by atoms with Crippen LogP contribution in [0.5, 0.6) is 0 Å². The lowest BCUT2D eigenvalue weighted by molar-refractivity contribution is -0.137. The number of hydrogen-bond acceptors (Lipinski definition) is 2. The van der Waals surface area contributed by atoms with Gasteiger partial charge in [0.25, 0.3) is 0 Å². The fraction of sp³-hybridized carbons (Fsp3) is 0.619. The van der Waals surface area contributed by atoms with E-state index in [0.717, 1.165) is 38.2 Å². The molecular formula is C21H31F3IN5O. The number of benzene rings is 1. The van der Waals surface area contributed by atoms with Gasteiger partial charge in [-0.3, -0.25) is 4.99 Å². The SMILES string of the molecule is CCNC(=NCC1(c2cccc(C(F)(F)F)c2)CCC1)NC1CCN(C(N)=O)CC1.I. The summed E-state index contributed by atoms with van der Waals surface area (Å²) in [6, 6.07) is 5.42. The van der Waals surface area contributed by atoms with Crippen LogP contribution in [0.3, 0.4) is 0 Å². The number of aliphatic imine (C=N–C) groups is 1. The van der Waals surface area contributed by atoms with E-state index in [9.17, 15) is 18.0 Å². The molecule has 31 heavy (non-hydrogen) atoms. The molecule has 1 saturated carbocycles. The first-order valence-corrected chi connectivity index (χ1v) is 10.5. The van der Waals surface area contributed by atoms with Gasteiger partial charge in [0.2, 0.25) is 0 Å². The standard InChI is InChI=1S/C21H30F3N5O.HI/c1-2-26-19(28-17-7-11-29(12-8-17)18(25)30)27-14-20(9-4-10-20)15-5-3-6-16(13-15)21(22,23)24;/h3,5-6,13,17H,2,4,7-12,14H2,1H3,(H2,25,30)(H2,26,27,28);1H. The van der Waals surface area contributed by atoms with Crippen LogP contribution in [0.4, 0.5) is 18.0 Å². The lowest BCUT2D eigenvalue weighted by Crippen LogP contribution is -2.51. The highest BCUT2D eigenvalue weighted by Gasteiger charge is 2.40. The van der Waals surface area contributed by atoms with Crippen molar-refractivity contribution >= 4 is 36.0 Å². The number of guanidine groups is 1. The summed E-state index contributed by atoms with van der Waals surface area (Å²) in [4.78, 5) is 17.6. The van der Waals surface area contributed by atoms with Crippen LogP contribution in [0.25, 0.3) is 0 Å². The molecule has 1 heterocycles. The van der Waals surface area contributed by atoms with Crippen LogP contribution in [0, 0.1) is 0 Å². The van der Waals surface area contributed by atoms with Gasteiger partial charge >= 0.3 is 12.2 Å². The molecule has 4 N–H and O–H groups in total. The van der Waals surface area contributed by atoms with E-state index < -0.39 is 17.8 Å². The summed E-state index contributed by atoms with van der Waals surface area (Å²) in [6.45, 7) is 4.28. The topological polar surface area (TPSA) is 82.8 Å². The van der Waals surface area contributed by atoms with E-state index in [-0.39, 0.29) is 35.4 Å². The fourth-order valence-corrected chi connectivity index (χ4v) is 4.15. The number of rotatable bonds is 5. The molecule has 0 unspecified atom stereocenters. The molecule has 1 aromatic carbocycles. The first-order valence-electron chi connectivity index (χ1n) is 10.5. The molecule has 3 rings (SSSR count). The number of likely N-dealkylation sites (tertiary alicyclic amines) is 1. The van der Waals surface area contributed by atoms with Crippen molar-refractivity contribution in [2.24, 2.45) is 10.7 Å². The van der Waals surface area contributed by atoms with Crippen molar-refractivity contribution in [2.45, 2.75) is 56.7 Å². The van der Waals surface area contributed by atoms with Gasteiger partial charge in [-0.1, -0.05) is 24.6 Å². The molecule has 0 bridgehead atoms. The Morgan fingerprint density at radius 3 is 2.48 bits per heavy atom. The predicted molar refractivity (Wildman–Crippen MR) is 126 cm³/mol. The molecule has 2 aliphatic rings. The highest BCUT2D eigenvalue weighted by Crippen LogP contribution is 2.45. The van der Waals surface area contributed by atoms with E-state index >= 15 is 0 Å². The monoisotopic (exact) mass is 553 g/mol. The van der Waals surface area contributed by atoms with E-state index in [1.165, 1.54) is 12.1 Å². The minimum absolute atomic E-state index is 0. The summed E-state index contributed by atoms with van der Waals surface area (Å²) in [6.07, 6.45) is -0.164. The molecule has 6 nitrogen and oxygen atoms in total. The Balaban J connectivity index is 0.00000341. The number of carbonyl (C=O) groups excluding carboxylic acids is 1. The van der Waals surface area contributed by atoms with E-state index in [0.29, 0.717) is 37.7 Å². The number of halogens is 4. The molecule has 1 aliphatic heterocycles. The van der Waals surface area contributed by atoms with Gasteiger partial charge in [-0.05, 0) is 44.2 Å². The van der Waals surface area contributed by atoms with Crippen molar-refractivity contribution in [1.29, 1.82) is 0 Å². The van der Waals surface area contributed by atoms with E-state index in [1.807, 2.05) is 6.92 Å². The Bertz CT molecular complexity index is 775. The predicted octanol–water partition coefficient (Wildman–Crippen LogP) is 3.84. The molecule has 1 aliphatic carbocycles.